The second-order valence-corrected chi connectivity index (χ2v) is 4.30. The fraction of sp³-hybridized carbons (Fsp3) is 0.333. The number of hydrogen-bond donors (Lipinski definition) is 1. The lowest BCUT2D eigenvalue weighted by molar-refractivity contribution is -0.385. The first-order valence-electron chi connectivity index (χ1n) is 5.61. The van der Waals surface area contributed by atoms with Gasteiger partial charge in [-0.05, 0) is 18.6 Å². The lowest BCUT2D eigenvalue weighted by Gasteiger charge is -2.13. The van der Waals surface area contributed by atoms with E-state index in [0.29, 0.717) is 6.42 Å². The molecule has 0 bridgehead atoms. The van der Waals surface area contributed by atoms with Crippen molar-refractivity contribution in [2.45, 2.75) is 25.8 Å². The molecule has 0 saturated heterocycles. The van der Waals surface area contributed by atoms with E-state index in [0.717, 1.165) is 6.07 Å². The number of nitro benzene ring substituents is 1. The minimum atomic E-state index is -0.661. The van der Waals surface area contributed by atoms with Gasteiger partial charge in [0.25, 0.3) is 11.6 Å². The Morgan fingerprint density at radius 1 is 1.63 bits per heavy atom. The molecule has 6 nitrogen and oxygen atoms in total. The van der Waals surface area contributed by atoms with Gasteiger partial charge in [0.15, 0.2) is 0 Å². The van der Waals surface area contributed by atoms with E-state index >= 15 is 0 Å². The number of benzene rings is 1. The zero-order valence-corrected chi connectivity index (χ0v) is 11.0. The van der Waals surface area contributed by atoms with Crippen molar-refractivity contribution >= 4 is 23.2 Å². The quantitative estimate of drug-likeness (QED) is 0.663. The summed E-state index contributed by atoms with van der Waals surface area (Å²) in [7, 11) is 0. The van der Waals surface area contributed by atoms with Crippen LogP contribution >= 0.6 is 11.6 Å². The Labute approximate surface area is 115 Å². The highest BCUT2D eigenvalue weighted by Gasteiger charge is 2.22. The van der Waals surface area contributed by atoms with Crippen LogP contribution in [0, 0.1) is 21.4 Å². The number of hydrogen-bond acceptors (Lipinski definition) is 4. The van der Waals surface area contributed by atoms with E-state index in [1.807, 2.05) is 13.0 Å². The Morgan fingerprint density at radius 2 is 2.32 bits per heavy atom. The third kappa shape index (κ3) is 3.93. The van der Waals surface area contributed by atoms with E-state index in [1.54, 1.807) is 0 Å². The minimum absolute atomic E-state index is 0.0641. The standard InChI is InChI=1S/C12H12ClN3O3/c1-2-9(5-6-14)15-12(17)10-4-3-8(13)7-11(10)16(18)19/h3-4,7,9H,2,5H2,1H3,(H,15,17). The fourth-order valence-corrected chi connectivity index (χ4v) is 1.68. The van der Waals surface area contributed by atoms with Crippen LogP contribution in [0.3, 0.4) is 0 Å². The van der Waals surface area contributed by atoms with Gasteiger partial charge in [0.2, 0.25) is 0 Å². The summed E-state index contributed by atoms with van der Waals surface area (Å²) in [5.41, 5.74) is -0.414. The molecular weight excluding hydrogens is 270 g/mol. The molecule has 0 radical (unpaired) electrons. The molecule has 1 rings (SSSR count). The van der Waals surface area contributed by atoms with Gasteiger partial charge in [-0.15, -0.1) is 0 Å². The molecule has 0 heterocycles. The van der Waals surface area contributed by atoms with Crippen molar-refractivity contribution in [1.29, 1.82) is 5.26 Å². The molecule has 0 aromatic heterocycles. The number of amides is 1. The first kappa shape index (κ1) is 14.9. The van der Waals surface area contributed by atoms with Crippen molar-refractivity contribution in [2.75, 3.05) is 0 Å². The minimum Gasteiger partial charge on any atom is -0.348 e. The topological polar surface area (TPSA) is 96.0 Å². The molecule has 1 aromatic rings. The van der Waals surface area contributed by atoms with Crippen molar-refractivity contribution in [2.24, 2.45) is 0 Å². The largest absolute Gasteiger partial charge is 0.348 e. The van der Waals surface area contributed by atoms with Crippen LogP contribution in [0.25, 0.3) is 0 Å². The van der Waals surface area contributed by atoms with Gasteiger partial charge < -0.3 is 5.32 Å². The first-order chi connectivity index (χ1) is 8.99. The smallest absolute Gasteiger partial charge is 0.283 e. The third-order valence-electron chi connectivity index (χ3n) is 2.57. The Hall–Kier alpha value is -2.13. The third-order valence-corrected chi connectivity index (χ3v) is 2.80. The summed E-state index contributed by atoms with van der Waals surface area (Å²) in [5.74, 6) is -0.578. The molecule has 7 heteroatoms. The van der Waals surface area contributed by atoms with Gasteiger partial charge in [0, 0.05) is 17.1 Å². The van der Waals surface area contributed by atoms with E-state index in [1.165, 1.54) is 12.1 Å². The van der Waals surface area contributed by atoms with E-state index in [-0.39, 0.29) is 28.7 Å². The fourth-order valence-electron chi connectivity index (χ4n) is 1.52. The zero-order valence-electron chi connectivity index (χ0n) is 10.2. The van der Waals surface area contributed by atoms with Crippen molar-refractivity contribution in [3.05, 3.63) is 38.9 Å². The highest BCUT2D eigenvalue weighted by molar-refractivity contribution is 6.31. The Bertz CT molecular complexity index is 540. The van der Waals surface area contributed by atoms with Crippen molar-refractivity contribution < 1.29 is 9.72 Å². The summed E-state index contributed by atoms with van der Waals surface area (Å²) in [4.78, 5) is 22.2. The number of nitriles is 1. The second kappa shape index (κ2) is 6.71. The van der Waals surface area contributed by atoms with Crippen LogP contribution in [-0.2, 0) is 0 Å². The van der Waals surface area contributed by atoms with Gasteiger partial charge >= 0.3 is 0 Å². The molecule has 1 aromatic carbocycles. The first-order valence-corrected chi connectivity index (χ1v) is 5.99. The molecule has 1 N–H and O–H groups in total. The number of nitrogens with one attached hydrogen (secondary N) is 1. The number of carbonyl (C=O) groups is 1. The van der Waals surface area contributed by atoms with Gasteiger partial charge in [-0.1, -0.05) is 18.5 Å². The lowest BCUT2D eigenvalue weighted by atomic mass is 10.1. The zero-order chi connectivity index (χ0) is 14.4. The lowest BCUT2D eigenvalue weighted by Crippen LogP contribution is -2.34. The molecule has 0 spiro atoms. The SMILES string of the molecule is CCC(CC#N)NC(=O)c1ccc(Cl)cc1[N+](=O)[O-]. The van der Waals surface area contributed by atoms with Gasteiger partial charge in [-0.3, -0.25) is 14.9 Å². The van der Waals surface area contributed by atoms with Crippen LogP contribution < -0.4 is 5.32 Å². The normalized spacial score (nSPS) is 11.4. The van der Waals surface area contributed by atoms with Crippen LogP contribution in [0.2, 0.25) is 5.02 Å². The molecule has 100 valence electrons. The molecule has 0 aliphatic carbocycles. The van der Waals surface area contributed by atoms with Gasteiger partial charge in [0.1, 0.15) is 5.56 Å². The molecule has 1 atom stereocenters. The number of halogens is 1. The maximum absolute atomic E-state index is 12.0. The molecule has 0 aliphatic heterocycles. The summed E-state index contributed by atoms with van der Waals surface area (Å²) < 4.78 is 0. The molecule has 0 aliphatic rings. The van der Waals surface area contributed by atoms with Gasteiger partial charge in [-0.25, -0.2) is 0 Å². The summed E-state index contributed by atoms with van der Waals surface area (Å²) in [5, 5.41) is 22.3. The second-order valence-electron chi connectivity index (χ2n) is 3.86. The van der Waals surface area contributed by atoms with Crippen molar-refractivity contribution in [1.82, 2.24) is 5.32 Å². The van der Waals surface area contributed by atoms with E-state index in [9.17, 15) is 14.9 Å². The van der Waals surface area contributed by atoms with E-state index < -0.39 is 10.8 Å². The molecular formula is C12H12ClN3O3. The summed E-state index contributed by atoms with van der Waals surface area (Å²) in [6.07, 6.45) is 0.727. The van der Waals surface area contributed by atoms with Crippen LogP contribution in [0.1, 0.15) is 30.1 Å². The van der Waals surface area contributed by atoms with Crippen LogP contribution in [0.4, 0.5) is 5.69 Å². The van der Waals surface area contributed by atoms with E-state index in [4.69, 9.17) is 16.9 Å². The van der Waals surface area contributed by atoms with Crippen LogP contribution in [-0.4, -0.2) is 16.9 Å². The monoisotopic (exact) mass is 281 g/mol. The predicted octanol–water partition coefficient (Wildman–Crippen LogP) is 2.67. The molecule has 0 saturated carbocycles. The number of nitrogens with zero attached hydrogens (tertiary/aromatic N) is 2. The number of carbonyl (C=O) groups excluding carboxylic acids is 1. The highest BCUT2D eigenvalue weighted by atomic mass is 35.5. The molecule has 0 fully saturated rings. The van der Waals surface area contributed by atoms with Gasteiger partial charge in [-0.2, -0.15) is 5.26 Å². The maximum Gasteiger partial charge on any atom is 0.283 e. The Kier molecular flexibility index (Phi) is 5.27. The van der Waals surface area contributed by atoms with Crippen molar-refractivity contribution in [3.63, 3.8) is 0 Å². The Balaban J connectivity index is 3.00. The Morgan fingerprint density at radius 3 is 2.84 bits per heavy atom. The highest BCUT2D eigenvalue weighted by Crippen LogP contribution is 2.23. The van der Waals surface area contributed by atoms with Crippen LogP contribution in [0.15, 0.2) is 18.2 Å². The van der Waals surface area contributed by atoms with Crippen molar-refractivity contribution in [3.8, 4) is 6.07 Å². The molecule has 19 heavy (non-hydrogen) atoms. The predicted molar refractivity (Wildman–Crippen MR) is 69.9 cm³/mol. The van der Waals surface area contributed by atoms with E-state index in [2.05, 4.69) is 5.32 Å². The maximum atomic E-state index is 12.0. The summed E-state index contributed by atoms with van der Waals surface area (Å²) >= 11 is 5.67. The summed E-state index contributed by atoms with van der Waals surface area (Å²) in [6.45, 7) is 1.82. The molecule has 1 unspecified atom stereocenters. The number of rotatable bonds is 5. The average Bonchev–Trinajstić information content (AvgIpc) is 2.37. The molecule has 1 amide bonds. The van der Waals surface area contributed by atoms with Gasteiger partial charge in [0.05, 0.1) is 17.4 Å². The average molecular weight is 282 g/mol. The summed E-state index contributed by atoms with van der Waals surface area (Å²) in [6, 6.07) is 5.46. The van der Waals surface area contributed by atoms with Crippen LogP contribution in [0.5, 0.6) is 0 Å². The number of nitro groups is 1.